The molecule has 1 aliphatic heterocycles. The molecule has 1 aliphatic rings. The van der Waals surface area contributed by atoms with E-state index in [1.807, 2.05) is 31.4 Å². The van der Waals surface area contributed by atoms with Crippen molar-refractivity contribution in [3.8, 4) is 0 Å². The third kappa shape index (κ3) is 3.68. The number of rotatable bonds is 8. The Kier molecular flexibility index (Phi) is 6.82. The number of carbonyl (C=O) groups excluding carboxylic acids is 2. The Morgan fingerprint density at radius 1 is 1.20 bits per heavy atom. The molecule has 0 radical (unpaired) electrons. The monoisotopic (exact) mass is 382 g/mol. The highest BCUT2D eigenvalue weighted by Crippen LogP contribution is 2.42. The molecule has 2 atom stereocenters. The molecule has 25 heavy (non-hydrogen) atoms. The lowest BCUT2D eigenvalue weighted by Crippen LogP contribution is -2.66. The summed E-state index contributed by atoms with van der Waals surface area (Å²) in [5, 5.41) is 1.99. The van der Waals surface area contributed by atoms with Crippen molar-refractivity contribution in [2.45, 2.75) is 64.9 Å². The van der Waals surface area contributed by atoms with Gasteiger partial charge in [0, 0.05) is 18.0 Å². The third-order valence-electron chi connectivity index (χ3n) is 5.43. The Hall–Kier alpha value is -1.18. The van der Waals surface area contributed by atoms with Gasteiger partial charge in [-0.2, -0.15) is 0 Å². The Bertz CT molecular complexity index is 577. The van der Waals surface area contributed by atoms with E-state index in [0.29, 0.717) is 13.1 Å². The summed E-state index contributed by atoms with van der Waals surface area (Å²) in [4.78, 5) is 29.8. The van der Waals surface area contributed by atoms with Crippen molar-refractivity contribution in [3.05, 3.63) is 22.4 Å². The van der Waals surface area contributed by atoms with E-state index in [-0.39, 0.29) is 18.0 Å². The SMILES string of the molecule is CCN(CC)C(=O)N1C(=O)C(O[Si](CC)(CC)CC)C1c1cccs1. The third-order valence-corrected chi connectivity index (χ3v) is 11.0. The standard InChI is InChI=1S/C18H30N2O3SSi/c1-6-19(7-2)18(22)20-15(14-12-11-13-24-14)16(17(20)21)23-25(8-3,9-4)10-5/h11-13,15-16H,6-10H2,1-5H3. The largest absolute Gasteiger partial charge is 0.403 e. The molecule has 1 aromatic rings. The molecule has 2 heterocycles. The summed E-state index contributed by atoms with van der Waals surface area (Å²) in [6.07, 6.45) is -0.510. The van der Waals surface area contributed by atoms with Crippen LogP contribution >= 0.6 is 11.3 Å². The minimum absolute atomic E-state index is 0.178. The van der Waals surface area contributed by atoms with E-state index < -0.39 is 14.4 Å². The van der Waals surface area contributed by atoms with Crippen LogP contribution in [0.25, 0.3) is 0 Å². The first-order valence-electron chi connectivity index (χ1n) is 9.31. The zero-order chi connectivity index (χ0) is 18.6. The summed E-state index contributed by atoms with van der Waals surface area (Å²) in [5.41, 5.74) is 0. The summed E-state index contributed by atoms with van der Waals surface area (Å²) in [5.74, 6) is -0.178. The van der Waals surface area contributed by atoms with E-state index in [1.54, 1.807) is 16.2 Å². The second-order valence-corrected chi connectivity index (χ2v) is 12.1. The summed E-state index contributed by atoms with van der Waals surface area (Å²) in [6.45, 7) is 11.5. The molecular weight excluding hydrogens is 352 g/mol. The van der Waals surface area contributed by atoms with Crippen molar-refractivity contribution in [3.63, 3.8) is 0 Å². The fraction of sp³-hybridized carbons (Fsp3) is 0.667. The van der Waals surface area contributed by atoms with Crippen LogP contribution in [0.1, 0.15) is 45.5 Å². The molecule has 0 bridgehead atoms. The van der Waals surface area contributed by atoms with Gasteiger partial charge in [-0.25, -0.2) is 4.79 Å². The summed E-state index contributed by atoms with van der Waals surface area (Å²) < 4.78 is 6.48. The van der Waals surface area contributed by atoms with Crippen LogP contribution in [0.2, 0.25) is 18.1 Å². The lowest BCUT2D eigenvalue weighted by molar-refractivity contribution is -0.159. The maximum absolute atomic E-state index is 12.9. The summed E-state index contributed by atoms with van der Waals surface area (Å²) in [6, 6.07) is 6.45. The smallest absolute Gasteiger partial charge is 0.327 e. The number of carbonyl (C=O) groups is 2. The second kappa shape index (κ2) is 8.47. The predicted molar refractivity (Wildman–Crippen MR) is 104 cm³/mol. The van der Waals surface area contributed by atoms with Gasteiger partial charge in [0.25, 0.3) is 5.91 Å². The zero-order valence-corrected chi connectivity index (χ0v) is 17.8. The Labute approximate surface area is 156 Å². The lowest BCUT2D eigenvalue weighted by Gasteiger charge is -2.49. The van der Waals surface area contributed by atoms with Gasteiger partial charge in [-0.15, -0.1) is 11.3 Å². The maximum Gasteiger partial charge on any atom is 0.327 e. The Balaban J connectivity index is 2.30. The zero-order valence-electron chi connectivity index (χ0n) is 15.9. The van der Waals surface area contributed by atoms with Gasteiger partial charge in [0.1, 0.15) is 6.04 Å². The number of β-lactam (4-membered cyclic amide) rings is 1. The normalized spacial score (nSPS) is 20.5. The van der Waals surface area contributed by atoms with Crippen molar-refractivity contribution in [1.29, 1.82) is 0 Å². The number of urea groups is 1. The van der Waals surface area contributed by atoms with Crippen LogP contribution in [-0.4, -0.2) is 49.2 Å². The first-order valence-corrected chi connectivity index (χ1v) is 12.7. The van der Waals surface area contributed by atoms with E-state index in [1.165, 1.54) is 4.90 Å². The molecule has 0 saturated carbocycles. The molecule has 0 aliphatic carbocycles. The van der Waals surface area contributed by atoms with Crippen molar-refractivity contribution in [1.82, 2.24) is 9.80 Å². The highest BCUT2D eigenvalue weighted by molar-refractivity contribution is 7.10. The van der Waals surface area contributed by atoms with Gasteiger partial charge in [-0.3, -0.25) is 9.69 Å². The molecule has 2 unspecified atom stereocenters. The molecular formula is C18H30N2O3SSi. The summed E-state index contributed by atoms with van der Waals surface area (Å²) >= 11 is 1.58. The van der Waals surface area contributed by atoms with Crippen LogP contribution in [0.3, 0.4) is 0 Å². The van der Waals surface area contributed by atoms with Crippen LogP contribution < -0.4 is 0 Å². The molecule has 0 spiro atoms. The Morgan fingerprint density at radius 3 is 2.24 bits per heavy atom. The van der Waals surface area contributed by atoms with E-state index in [4.69, 9.17) is 4.43 Å². The number of amides is 3. The number of hydrogen-bond acceptors (Lipinski definition) is 4. The van der Waals surface area contributed by atoms with Gasteiger partial charge in [0.05, 0.1) is 0 Å². The Morgan fingerprint density at radius 2 is 1.80 bits per heavy atom. The van der Waals surface area contributed by atoms with E-state index in [2.05, 4.69) is 20.8 Å². The average Bonchev–Trinajstić information content (AvgIpc) is 3.15. The number of thiophene rings is 1. The van der Waals surface area contributed by atoms with Gasteiger partial charge >= 0.3 is 6.03 Å². The minimum Gasteiger partial charge on any atom is -0.403 e. The van der Waals surface area contributed by atoms with Gasteiger partial charge in [0.15, 0.2) is 14.4 Å². The highest BCUT2D eigenvalue weighted by atomic mass is 32.1. The summed E-state index contributed by atoms with van der Waals surface area (Å²) in [7, 11) is -1.92. The van der Waals surface area contributed by atoms with Gasteiger partial charge in [0.2, 0.25) is 0 Å². The van der Waals surface area contributed by atoms with Gasteiger partial charge in [-0.1, -0.05) is 26.8 Å². The van der Waals surface area contributed by atoms with Crippen LogP contribution in [0.4, 0.5) is 4.79 Å². The first kappa shape index (κ1) is 20.1. The van der Waals surface area contributed by atoms with Crippen molar-refractivity contribution >= 4 is 31.6 Å². The van der Waals surface area contributed by atoms with E-state index in [9.17, 15) is 9.59 Å². The molecule has 5 nitrogen and oxygen atoms in total. The van der Waals surface area contributed by atoms with E-state index >= 15 is 0 Å². The number of imide groups is 1. The van der Waals surface area contributed by atoms with Gasteiger partial charge in [-0.05, 0) is 43.4 Å². The second-order valence-electron chi connectivity index (χ2n) is 6.41. The molecule has 1 aromatic heterocycles. The van der Waals surface area contributed by atoms with Crippen molar-refractivity contribution < 1.29 is 14.0 Å². The molecule has 1 fully saturated rings. The van der Waals surface area contributed by atoms with Crippen LogP contribution in [0.5, 0.6) is 0 Å². The average molecular weight is 383 g/mol. The fourth-order valence-electron chi connectivity index (χ4n) is 3.44. The van der Waals surface area contributed by atoms with Crippen LogP contribution in [0, 0.1) is 0 Å². The fourth-order valence-corrected chi connectivity index (χ4v) is 7.05. The molecule has 0 aromatic carbocycles. The first-order chi connectivity index (χ1) is 12.0. The molecule has 2 rings (SSSR count). The lowest BCUT2D eigenvalue weighted by atomic mass is 9.97. The molecule has 0 N–H and O–H groups in total. The number of likely N-dealkylation sites (tertiary alicyclic amines) is 1. The van der Waals surface area contributed by atoms with Crippen LogP contribution in [0.15, 0.2) is 17.5 Å². The number of hydrogen-bond donors (Lipinski definition) is 0. The van der Waals surface area contributed by atoms with Crippen molar-refractivity contribution in [2.75, 3.05) is 13.1 Å². The maximum atomic E-state index is 12.9. The van der Waals surface area contributed by atoms with Crippen molar-refractivity contribution in [2.24, 2.45) is 0 Å². The topological polar surface area (TPSA) is 49.9 Å². The van der Waals surface area contributed by atoms with Crippen LogP contribution in [-0.2, 0) is 9.22 Å². The predicted octanol–water partition coefficient (Wildman–Crippen LogP) is 4.48. The van der Waals surface area contributed by atoms with Gasteiger partial charge < -0.3 is 9.33 Å². The molecule has 140 valence electrons. The molecule has 3 amide bonds. The molecule has 7 heteroatoms. The molecule has 1 saturated heterocycles. The highest BCUT2D eigenvalue weighted by Gasteiger charge is 2.55. The quantitative estimate of drug-likeness (QED) is 0.492. The minimum atomic E-state index is -1.92. The van der Waals surface area contributed by atoms with E-state index in [0.717, 1.165) is 23.0 Å². The number of nitrogens with zero attached hydrogens (tertiary/aromatic N) is 2.